The van der Waals surface area contributed by atoms with E-state index in [0.29, 0.717) is 27.8 Å². The molecule has 0 fully saturated rings. The third-order valence-electron chi connectivity index (χ3n) is 3.70. The number of carbonyl (C=O) groups is 3. The SMILES string of the molecule is COc1cc(/C=N\NC(=O)C(=O)NC(C)C)ccc1OCC(=O)Nc1ccccc1Cl. The molecule has 2 aromatic rings. The fraction of sp³-hybridized carbons (Fsp3) is 0.238. The number of ether oxygens (including phenoxy) is 2. The Balaban J connectivity index is 1.93. The second-order valence-electron chi connectivity index (χ2n) is 6.55. The lowest BCUT2D eigenvalue weighted by atomic mass is 10.2. The van der Waals surface area contributed by atoms with E-state index in [1.54, 1.807) is 56.3 Å². The highest BCUT2D eigenvalue weighted by Crippen LogP contribution is 2.27. The van der Waals surface area contributed by atoms with Gasteiger partial charge in [-0.05, 0) is 49.7 Å². The van der Waals surface area contributed by atoms with Gasteiger partial charge < -0.3 is 20.1 Å². The lowest BCUT2D eigenvalue weighted by Gasteiger charge is -2.12. The molecule has 0 saturated heterocycles. The summed E-state index contributed by atoms with van der Waals surface area (Å²) < 4.78 is 10.8. The van der Waals surface area contributed by atoms with Crippen LogP contribution in [0.1, 0.15) is 19.4 Å². The van der Waals surface area contributed by atoms with Crippen molar-refractivity contribution in [2.24, 2.45) is 5.10 Å². The minimum absolute atomic E-state index is 0.161. The normalized spacial score (nSPS) is 10.6. The number of amides is 3. The van der Waals surface area contributed by atoms with Gasteiger partial charge in [0, 0.05) is 6.04 Å². The van der Waals surface area contributed by atoms with E-state index >= 15 is 0 Å². The van der Waals surface area contributed by atoms with Gasteiger partial charge in [-0.2, -0.15) is 5.10 Å². The molecule has 0 atom stereocenters. The molecule has 0 heterocycles. The number of para-hydroxylation sites is 1. The smallest absolute Gasteiger partial charge is 0.329 e. The van der Waals surface area contributed by atoms with E-state index in [0.717, 1.165) is 0 Å². The summed E-state index contributed by atoms with van der Waals surface area (Å²) in [7, 11) is 1.45. The second kappa shape index (κ2) is 11.6. The Morgan fingerprint density at radius 2 is 1.84 bits per heavy atom. The summed E-state index contributed by atoms with van der Waals surface area (Å²) in [5.41, 5.74) is 3.20. The van der Waals surface area contributed by atoms with Gasteiger partial charge in [0.05, 0.1) is 24.0 Å². The highest BCUT2D eigenvalue weighted by molar-refractivity contribution is 6.35. The van der Waals surface area contributed by atoms with E-state index in [2.05, 4.69) is 21.2 Å². The average molecular weight is 447 g/mol. The van der Waals surface area contributed by atoms with Gasteiger partial charge in [0.15, 0.2) is 18.1 Å². The number of carbonyl (C=O) groups excluding carboxylic acids is 3. The maximum atomic E-state index is 12.1. The molecule has 164 valence electrons. The average Bonchev–Trinajstić information content (AvgIpc) is 2.73. The number of hydrogen-bond donors (Lipinski definition) is 3. The first-order valence-corrected chi connectivity index (χ1v) is 9.67. The highest BCUT2D eigenvalue weighted by Gasteiger charge is 2.13. The summed E-state index contributed by atoms with van der Waals surface area (Å²) in [5.74, 6) is -1.33. The second-order valence-corrected chi connectivity index (χ2v) is 6.96. The third kappa shape index (κ3) is 7.63. The molecule has 3 amide bonds. The molecule has 0 saturated carbocycles. The highest BCUT2D eigenvalue weighted by atomic mass is 35.5. The molecule has 0 bridgehead atoms. The number of benzene rings is 2. The number of methoxy groups -OCH3 is 1. The Labute approximate surface area is 184 Å². The summed E-state index contributed by atoms with van der Waals surface area (Å²) in [4.78, 5) is 35.2. The zero-order valence-corrected chi connectivity index (χ0v) is 18.0. The van der Waals surface area contributed by atoms with Crippen LogP contribution < -0.4 is 25.5 Å². The Morgan fingerprint density at radius 1 is 1.10 bits per heavy atom. The van der Waals surface area contributed by atoms with Gasteiger partial charge in [0.2, 0.25) is 0 Å². The Bertz CT molecular complexity index is 978. The number of halogens is 1. The van der Waals surface area contributed by atoms with Crippen molar-refractivity contribution < 1.29 is 23.9 Å². The van der Waals surface area contributed by atoms with Gasteiger partial charge in [-0.3, -0.25) is 14.4 Å². The molecule has 3 N–H and O–H groups in total. The van der Waals surface area contributed by atoms with Crippen LogP contribution in [-0.2, 0) is 14.4 Å². The summed E-state index contributed by atoms with van der Waals surface area (Å²) in [6.07, 6.45) is 1.34. The lowest BCUT2D eigenvalue weighted by Crippen LogP contribution is -2.41. The van der Waals surface area contributed by atoms with E-state index in [9.17, 15) is 14.4 Å². The van der Waals surface area contributed by atoms with Gasteiger partial charge in [-0.15, -0.1) is 0 Å². The topological polar surface area (TPSA) is 118 Å². The van der Waals surface area contributed by atoms with E-state index in [1.165, 1.54) is 13.3 Å². The number of nitrogens with zero attached hydrogens (tertiary/aromatic N) is 1. The van der Waals surface area contributed by atoms with Crippen LogP contribution in [0.5, 0.6) is 11.5 Å². The number of anilines is 1. The fourth-order valence-corrected chi connectivity index (χ4v) is 2.50. The van der Waals surface area contributed by atoms with Crippen LogP contribution in [0, 0.1) is 0 Å². The Morgan fingerprint density at radius 3 is 2.52 bits per heavy atom. The maximum Gasteiger partial charge on any atom is 0.329 e. The van der Waals surface area contributed by atoms with Crippen molar-refractivity contribution in [2.45, 2.75) is 19.9 Å². The molecule has 31 heavy (non-hydrogen) atoms. The summed E-state index contributed by atoms with van der Waals surface area (Å²) >= 11 is 6.01. The van der Waals surface area contributed by atoms with Crippen LogP contribution in [-0.4, -0.2) is 43.7 Å². The van der Waals surface area contributed by atoms with Crippen LogP contribution in [0.15, 0.2) is 47.6 Å². The first kappa shape index (κ1) is 23.7. The Kier molecular flexibility index (Phi) is 8.83. The van der Waals surface area contributed by atoms with Crippen LogP contribution >= 0.6 is 11.6 Å². The van der Waals surface area contributed by atoms with Gasteiger partial charge in [0.1, 0.15) is 0 Å². The molecule has 0 aliphatic heterocycles. The molecule has 9 nitrogen and oxygen atoms in total. The van der Waals surface area contributed by atoms with Crippen molar-refractivity contribution >= 4 is 41.2 Å². The van der Waals surface area contributed by atoms with Gasteiger partial charge in [-0.1, -0.05) is 23.7 Å². The van der Waals surface area contributed by atoms with Crippen molar-refractivity contribution in [1.82, 2.24) is 10.7 Å². The summed E-state index contributed by atoms with van der Waals surface area (Å²) in [5, 5.41) is 9.28. The number of rotatable bonds is 8. The molecule has 2 rings (SSSR count). The zero-order chi connectivity index (χ0) is 22.8. The van der Waals surface area contributed by atoms with Crippen molar-refractivity contribution in [2.75, 3.05) is 19.0 Å². The zero-order valence-electron chi connectivity index (χ0n) is 17.3. The number of hydrazone groups is 1. The summed E-state index contributed by atoms with van der Waals surface area (Å²) in [6, 6.07) is 11.5. The number of hydrogen-bond acceptors (Lipinski definition) is 6. The monoisotopic (exact) mass is 446 g/mol. The predicted molar refractivity (Wildman–Crippen MR) is 118 cm³/mol. The van der Waals surface area contributed by atoms with Crippen molar-refractivity contribution in [3.05, 3.63) is 53.1 Å². The minimum Gasteiger partial charge on any atom is -0.493 e. The molecule has 0 aliphatic rings. The molecule has 2 aromatic carbocycles. The molecular formula is C21H23ClN4O5. The molecule has 10 heteroatoms. The maximum absolute atomic E-state index is 12.1. The largest absolute Gasteiger partial charge is 0.493 e. The van der Waals surface area contributed by atoms with E-state index in [4.69, 9.17) is 21.1 Å². The first-order chi connectivity index (χ1) is 14.8. The van der Waals surface area contributed by atoms with Crippen LogP contribution in [0.3, 0.4) is 0 Å². The molecule has 0 aromatic heterocycles. The van der Waals surface area contributed by atoms with Gasteiger partial charge in [0.25, 0.3) is 5.91 Å². The first-order valence-electron chi connectivity index (χ1n) is 9.29. The van der Waals surface area contributed by atoms with Crippen molar-refractivity contribution in [3.63, 3.8) is 0 Å². The van der Waals surface area contributed by atoms with E-state index in [-0.39, 0.29) is 18.6 Å². The van der Waals surface area contributed by atoms with Crippen LogP contribution in [0.2, 0.25) is 5.02 Å². The molecular weight excluding hydrogens is 424 g/mol. The van der Waals surface area contributed by atoms with Crippen LogP contribution in [0.4, 0.5) is 5.69 Å². The van der Waals surface area contributed by atoms with Crippen molar-refractivity contribution in [3.8, 4) is 11.5 Å². The lowest BCUT2D eigenvalue weighted by molar-refractivity contribution is -0.139. The third-order valence-corrected chi connectivity index (χ3v) is 4.03. The van der Waals surface area contributed by atoms with Gasteiger partial charge in [-0.25, -0.2) is 5.43 Å². The van der Waals surface area contributed by atoms with Crippen LogP contribution in [0.25, 0.3) is 0 Å². The van der Waals surface area contributed by atoms with E-state index in [1.807, 2.05) is 0 Å². The molecule has 0 spiro atoms. The Hall–Kier alpha value is -3.59. The number of nitrogens with one attached hydrogen (secondary N) is 3. The molecule has 0 unspecified atom stereocenters. The molecule has 0 radical (unpaired) electrons. The minimum atomic E-state index is -0.874. The van der Waals surface area contributed by atoms with Gasteiger partial charge >= 0.3 is 11.8 Å². The molecule has 0 aliphatic carbocycles. The van der Waals surface area contributed by atoms with Crippen molar-refractivity contribution in [1.29, 1.82) is 0 Å². The predicted octanol–water partition coefficient (Wildman–Crippen LogP) is 2.34. The quantitative estimate of drug-likeness (QED) is 0.327. The summed E-state index contributed by atoms with van der Waals surface area (Å²) in [6.45, 7) is 3.23. The fourth-order valence-electron chi connectivity index (χ4n) is 2.32. The van der Waals surface area contributed by atoms with E-state index < -0.39 is 11.8 Å². The standard InChI is InChI=1S/C21H23ClN4O5/c1-13(2)24-20(28)21(29)26-23-11-14-8-9-17(18(10-14)30-3)31-12-19(27)25-16-7-5-4-6-15(16)22/h4-11,13H,12H2,1-3H3,(H,24,28)(H,25,27)(H,26,29)/b23-11-.